The monoisotopic (exact) mass is 239 g/mol. The van der Waals surface area contributed by atoms with Gasteiger partial charge in [0.15, 0.2) is 0 Å². The number of unbranched alkanes of at least 4 members (excludes halogenated alkanes) is 2. The van der Waals surface area contributed by atoms with Gasteiger partial charge in [-0.2, -0.15) is 11.8 Å². The van der Waals surface area contributed by atoms with Crippen molar-refractivity contribution in [3.8, 4) is 0 Å². The Morgan fingerprint density at radius 2 is 1.81 bits per heavy atom. The Labute approximate surface area is 102 Å². The second kappa shape index (κ2) is 7.49. The summed E-state index contributed by atoms with van der Waals surface area (Å²) >= 11 is 1.91. The van der Waals surface area contributed by atoms with Crippen LogP contribution < -0.4 is 5.32 Å². The predicted octanol–water partition coefficient (Wildman–Crippen LogP) is 3.04. The van der Waals surface area contributed by atoms with Crippen LogP contribution in [0.1, 0.15) is 30.7 Å². The summed E-state index contributed by atoms with van der Waals surface area (Å²) in [6, 6.07) is 1.99. The molecule has 1 aromatic rings. The van der Waals surface area contributed by atoms with Crippen molar-refractivity contribution >= 4 is 17.7 Å². The standard InChI is InChI=1S/C12H21N3S/c1-10-9-11(2)15-12(14-10)13-7-5-4-6-8-16-3/h9H,4-8H2,1-3H3,(H,13,14,15). The minimum Gasteiger partial charge on any atom is -0.354 e. The molecule has 4 heteroatoms. The Morgan fingerprint density at radius 3 is 2.44 bits per heavy atom. The summed E-state index contributed by atoms with van der Waals surface area (Å²) in [7, 11) is 0. The van der Waals surface area contributed by atoms with Gasteiger partial charge in [0, 0.05) is 17.9 Å². The topological polar surface area (TPSA) is 37.8 Å². The van der Waals surface area contributed by atoms with Crippen LogP contribution in [0.4, 0.5) is 5.95 Å². The normalized spacial score (nSPS) is 10.4. The molecular formula is C12H21N3S. The lowest BCUT2D eigenvalue weighted by Gasteiger charge is -2.06. The number of aromatic nitrogens is 2. The van der Waals surface area contributed by atoms with Crippen LogP contribution in [0.3, 0.4) is 0 Å². The van der Waals surface area contributed by atoms with Gasteiger partial charge < -0.3 is 5.32 Å². The third kappa shape index (κ3) is 5.35. The maximum Gasteiger partial charge on any atom is 0.223 e. The first kappa shape index (κ1) is 13.3. The average Bonchev–Trinajstić information content (AvgIpc) is 2.22. The molecule has 0 unspecified atom stereocenters. The second-order valence-electron chi connectivity index (χ2n) is 3.95. The van der Waals surface area contributed by atoms with Crippen molar-refractivity contribution in [2.45, 2.75) is 33.1 Å². The summed E-state index contributed by atoms with van der Waals surface area (Å²) < 4.78 is 0. The highest BCUT2D eigenvalue weighted by Gasteiger charge is 1.97. The van der Waals surface area contributed by atoms with Crippen molar-refractivity contribution in [1.29, 1.82) is 0 Å². The maximum absolute atomic E-state index is 4.34. The molecule has 3 nitrogen and oxygen atoms in total. The number of nitrogens with zero attached hydrogens (tertiary/aromatic N) is 2. The molecule has 0 amide bonds. The van der Waals surface area contributed by atoms with Gasteiger partial charge >= 0.3 is 0 Å². The molecule has 0 aliphatic heterocycles. The van der Waals surface area contributed by atoms with Crippen LogP contribution in [-0.4, -0.2) is 28.5 Å². The van der Waals surface area contributed by atoms with E-state index in [1.807, 2.05) is 31.7 Å². The molecule has 0 saturated carbocycles. The molecule has 0 spiro atoms. The molecule has 1 heterocycles. The number of rotatable bonds is 7. The fraction of sp³-hybridized carbons (Fsp3) is 0.667. The molecular weight excluding hydrogens is 218 g/mol. The van der Waals surface area contributed by atoms with Gasteiger partial charge in [0.2, 0.25) is 5.95 Å². The Kier molecular flexibility index (Phi) is 6.23. The van der Waals surface area contributed by atoms with E-state index in [4.69, 9.17) is 0 Å². The van der Waals surface area contributed by atoms with E-state index >= 15 is 0 Å². The van der Waals surface area contributed by atoms with E-state index in [1.165, 1.54) is 25.0 Å². The van der Waals surface area contributed by atoms with Gasteiger partial charge in [-0.1, -0.05) is 6.42 Å². The van der Waals surface area contributed by atoms with Crippen LogP contribution in [0, 0.1) is 13.8 Å². The van der Waals surface area contributed by atoms with Gasteiger partial charge in [-0.05, 0) is 44.8 Å². The highest BCUT2D eigenvalue weighted by atomic mass is 32.2. The number of hydrogen-bond donors (Lipinski definition) is 1. The van der Waals surface area contributed by atoms with E-state index in [0.29, 0.717) is 0 Å². The molecule has 0 atom stereocenters. The Balaban J connectivity index is 2.21. The summed E-state index contributed by atoms with van der Waals surface area (Å²) in [5.74, 6) is 2.03. The third-order valence-electron chi connectivity index (χ3n) is 2.29. The Morgan fingerprint density at radius 1 is 1.12 bits per heavy atom. The zero-order valence-electron chi connectivity index (χ0n) is 10.4. The van der Waals surface area contributed by atoms with Gasteiger partial charge in [0.1, 0.15) is 0 Å². The van der Waals surface area contributed by atoms with Crippen molar-refractivity contribution in [1.82, 2.24) is 9.97 Å². The molecule has 1 aromatic heterocycles. The van der Waals surface area contributed by atoms with Crippen LogP contribution in [0.25, 0.3) is 0 Å². The van der Waals surface area contributed by atoms with Crippen LogP contribution in [0.2, 0.25) is 0 Å². The first-order valence-corrected chi connectivity index (χ1v) is 7.17. The summed E-state index contributed by atoms with van der Waals surface area (Å²) in [6.07, 6.45) is 5.92. The average molecular weight is 239 g/mol. The van der Waals surface area contributed by atoms with E-state index in [2.05, 4.69) is 21.5 Å². The lowest BCUT2D eigenvalue weighted by atomic mass is 10.2. The summed E-state index contributed by atoms with van der Waals surface area (Å²) in [4.78, 5) is 8.68. The van der Waals surface area contributed by atoms with Gasteiger partial charge in [-0.15, -0.1) is 0 Å². The SMILES string of the molecule is CSCCCCCNc1nc(C)cc(C)n1. The van der Waals surface area contributed by atoms with Crippen LogP contribution in [0.5, 0.6) is 0 Å². The Hall–Kier alpha value is -0.770. The van der Waals surface area contributed by atoms with E-state index < -0.39 is 0 Å². The van der Waals surface area contributed by atoms with Gasteiger partial charge in [0.25, 0.3) is 0 Å². The predicted molar refractivity (Wildman–Crippen MR) is 72.2 cm³/mol. The summed E-state index contributed by atoms with van der Waals surface area (Å²) in [5, 5.41) is 3.27. The highest BCUT2D eigenvalue weighted by molar-refractivity contribution is 7.98. The molecule has 0 aliphatic carbocycles. The summed E-state index contributed by atoms with van der Waals surface area (Å²) in [5.41, 5.74) is 2.05. The van der Waals surface area contributed by atoms with E-state index in [0.717, 1.165) is 23.9 Å². The van der Waals surface area contributed by atoms with Crippen LogP contribution in [0.15, 0.2) is 6.07 Å². The molecule has 0 saturated heterocycles. The molecule has 1 rings (SSSR count). The first-order chi connectivity index (χ1) is 7.72. The number of thioether (sulfide) groups is 1. The van der Waals surface area contributed by atoms with Crippen LogP contribution in [-0.2, 0) is 0 Å². The number of aryl methyl sites for hydroxylation is 2. The molecule has 90 valence electrons. The van der Waals surface area contributed by atoms with Gasteiger partial charge in [-0.3, -0.25) is 0 Å². The minimum absolute atomic E-state index is 0.766. The molecule has 0 bridgehead atoms. The highest BCUT2D eigenvalue weighted by Crippen LogP contribution is 2.05. The number of hydrogen-bond acceptors (Lipinski definition) is 4. The summed E-state index contributed by atoms with van der Waals surface area (Å²) in [6.45, 7) is 4.97. The van der Waals surface area contributed by atoms with Crippen molar-refractivity contribution in [3.05, 3.63) is 17.5 Å². The van der Waals surface area contributed by atoms with Crippen molar-refractivity contribution < 1.29 is 0 Å². The number of anilines is 1. The van der Waals surface area contributed by atoms with Crippen molar-refractivity contribution in [3.63, 3.8) is 0 Å². The third-order valence-corrected chi connectivity index (χ3v) is 2.99. The second-order valence-corrected chi connectivity index (χ2v) is 4.94. The Bertz CT molecular complexity index is 295. The van der Waals surface area contributed by atoms with Crippen molar-refractivity contribution in [2.24, 2.45) is 0 Å². The van der Waals surface area contributed by atoms with Gasteiger partial charge in [-0.25, -0.2) is 9.97 Å². The molecule has 1 N–H and O–H groups in total. The zero-order chi connectivity index (χ0) is 11.8. The van der Waals surface area contributed by atoms with Crippen molar-refractivity contribution in [2.75, 3.05) is 23.9 Å². The van der Waals surface area contributed by atoms with Crippen LogP contribution >= 0.6 is 11.8 Å². The van der Waals surface area contributed by atoms with E-state index in [-0.39, 0.29) is 0 Å². The first-order valence-electron chi connectivity index (χ1n) is 5.77. The fourth-order valence-corrected chi connectivity index (χ4v) is 2.05. The fourth-order valence-electron chi connectivity index (χ4n) is 1.55. The quantitative estimate of drug-likeness (QED) is 0.742. The molecule has 16 heavy (non-hydrogen) atoms. The molecule has 0 radical (unpaired) electrons. The lowest BCUT2D eigenvalue weighted by Crippen LogP contribution is -2.06. The largest absolute Gasteiger partial charge is 0.354 e. The minimum atomic E-state index is 0.766. The lowest BCUT2D eigenvalue weighted by molar-refractivity contribution is 0.745. The van der Waals surface area contributed by atoms with Gasteiger partial charge in [0.05, 0.1) is 0 Å². The molecule has 0 aromatic carbocycles. The van der Waals surface area contributed by atoms with E-state index in [9.17, 15) is 0 Å². The molecule has 0 aliphatic rings. The smallest absolute Gasteiger partial charge is 0.223 e. The zero-order valence-corrected chi connectivity index (χ0v) is 11.2. The number of nitrogens with one attached hydrogen (secondary N) is 1. The molecule has 0 fully saturated rings. The maximum atomic E-state index is 4.34. The van der Waals surface area contributed by atoms with E-state index in [1.54, 1.807) is 0 Å².